The number of halogens is 1. The first-order chi connectivity index (χ1) is 8.17. The third-order valence-corrected chi connectivity index (χ3v) is 2.83. The Balaban J connectivity index is 2.62. The number of rotatable bonds is 7. The monoisotopic (exact) mass is 239 g/mol. The summed E-state index contributed by atoms with van der Waals surface area (Å²) in [6.45, 7) is 7.77. The van der Waals surface area contributed by atoms with E-state index in [0.717, 1.165) is 18.5 Å². The normalized spacial score (nSPS) is 14.6. The number of likely N-dealkylation sites (N-methyl/N-ethyl adjacent to an activating group) is 1. The highest BCUT2D eigenvalue weighted by molar-refractivity contribution is 5.17. The van der Waals surface area contributed by atoms with E-state index in [2.05, 4.69) is 19.2 Å². The molecule has 2 nitrogen and oxygen atoms in total. The molecule has 17 heavy (non-hydrogen) atoms. The number of nitrogens with one attached hydrogen (secondary N) is 1. The van der Waals surface area contributed by atoms with E-state index < -0.39 is 0 Å². The Bertz CT molecular complexity index is 313. The number of hydrogen-bond donors (Lipinski definition) is 1. The summed E-state index contributed by atoms with van der Waals surface area (Å²) in [7, 11) is 0. The van der Waals surface area contributed by atoms with Gasteiger partial charge >= 0.3 is 0 Å². The highest BCUT2D eigenvalue weighted by Crippen LogP contribution is 2.10. The molecule has 0 spiro atoms. The maximum atomic E-state index is 12.8. The SMILES string of the molecule is CCNC(Cc1ccc(F)cc1)C(C)OCC. The van der Waals surface area contributed by atoms with Crippen LogP contribution < -0.4 is 5.32 Å². The second kappa shape index (κ2) is 7.41. The van der Waals surface area contributed by atoms with Crippen LogP contribution in [0.15, 0.2) is 24.3 Å². The van der Waals surface area contributed by atoms with Crippen LogP contribution in [0.2, 0.25) is 0 Å². The summed E-state index contributed by atoms with van der Waals surface area (Å²) in [5.74, 6) is -0.188. The Labute approximate surface area is 103 Å². The summed E-state index contributed by atoms with van der Waals surface area (Å²) in [6, 6.07) is 6.94. The minimum absolute atomic E-state index is 0.157. The fourth-order valence-electron chi connectivity index (χ4n) is 1.92. The third-order valence-electron chi connectivity index (χ3n) is 2.83. The smallest absolute Gasteiger partial charge is 0.123 e. The van der Waals surface area contributed by atoms with Crippen LogP contribution >= 0.6 is 0 Å². The van der Waals surface area contributed by atoms with Gasteiger partial charge in [0.15, 0.2) is 0 Å². The van der Waals surface area contributed by atoms with Crippen molar-refractivity contribution in [3.8, 4) is 0 Å². The molecule has 0 heterocycles. The molecule has 3 heteroatoms. The van der Waals surface area contributed by atoms with Crippen molar-refractivity contribution < 1.29 is 9.13 Å². The van der Waals surface area contributed by atoms with E-state index in [4.69, 9.17) is 4.74 Å². The lowest BCUT2D eigenvalue weighted by molar-refractivity contribution is 0.0480. The van der Waals surface area contributed by atoms with E-state index in [1.165, 1.54) is 12.1 Å². The molecule has 0 aromatic heterocycles. The highest BCUT2D eigenvalue weighted by atomic mass is 19.1. The quantitative estimate of drug-likeness (QED) is 0.790. The van der Waals surface area contributed by atoms with Gasteiger partial charge in [-0.2, -0.15) is 0 Å². The topological polar surface area (TPSA) is 21.3 Å². The first-order valence-corrected chi connectivity index (χ1v) is 6.26. The van der Waals surface area contributed by atoms with Crippen molar-refractivity contribution in [1.29, 1.82) is 0 Å². The molecule has 1 N–H and O–H groups in total. The lowest BCUT2D eigenvalue weighted by Gasteiger charge is -2.24. The fourth-order valence-corrected chi connectivity index (χ4v) is 1.92. The summed E-state index contributed by atoms with van der Waals surface area (Å²) in [4.78, 5) is 0. The van der Waals surface area contributed by atoms with Crippen LogP contribution in [0.4, 0.5) is 4.39 Å². The van der Waals surface area contributed by atoms with Crippen molar-refractivity contribution in [3.05, 3.63) is 35.6 Å². The minimum Gasteiger partial charge on any atom is -0.377 e. The van der Waals surface area contributed by atoms with Crippen molar-refractivity contribution in [2.45, 2.75) is 39.3 Å². The molecule has 0 saturated heterocycles. The van der Waals surface area contributed by atoms with Crippen LogP contribution in [0.1, 0.15) is 26.3 Å². The van der Waals surface area contributed by atoms with Gasteiger partial charge in [0.2, 0.25) is 0 Å². The van der Waals surface area contributed by atoms with Gasteiger partial charge in [0.1, 0.15) is 5.82 Å². The molecule has 0 aliphatic heterocycles. The van der Waals surface area contributed by atoms with E-state index in [0.29, 0.717) is 6.61 Å². The second-order valence-electron chi connectivity index (χ2n) is 4.16. The second-order valence-corrected chi connectivity index (χ2v) is 4.16. The van der Waals surface area contributed by atoms with Gasteiger partial charge in [0.05, 0.1) is 6.10 Å². The summed E-state index contributed by atoms with van der Waals surface area (Å²) >= 11 is 0. The average molecular weight is 239 g/mol. The van der Waals surface area contributed by atoms with Gasteiger partial charge in [-0.25, -0.2) is 4.39 Å². The zero-order valence-electron chi connectivity index (χ0n) is 10.9. The largest absolute Gasteiger partial charge is 0.377 e. The van der Waals surface area contributed by atoms with E-state index in [-0.39, 0.29) is 18.0 Å². The molecule has 96 valence electrons. The molecule has 2 unspecified atom stereocenters. The number of benzene rings is 1. The van der Waals surface area contributed by atoms with Gasteiger partial charge < -0.3 is 10.1 Å². The standard InChI is InChI=1S/C14H22FNO/c1-4-16-14(11(3)17-5-2)10-12-6-8-13(15)9-7-12/h6-9,11,14,16H,4-5,10H2,1-3H3. The third kappa shape index (κ3) is 4.84. The Morgan fingerprint density at radius 2 is 1.88 bits per heavy atom. The van der Waals surface area contributed by atoms with Gasteiger partial charge in [0, 0.05) is 12.6 Å². The Morgan fingerprint density at radius 3 is 2.41 bits per heavy atom. The van der Waals surface area contributed by atoms with Crippen LogP contribution in [-0.2, 0) is 11.2 Å². The summed E-state index contributed by atoms with van der Waals surface area (Å²) < 4.78 is 18.4. The first-order valence-electron chi connectivity index (χ1n) is 6.26. The molecule has 0 fully saturated rings. The van der Waals surface area contributed by atoms with Crippen molar-refractivity contribution in [2.24, 2.45) is 0 Å². The summed E-state index contributed by atoms with van der Waals surface area (Å²) in [6.07, 6.45) is 1.01. The molecule has 0 aliphatic carbocycles. The molecule has 2 atom stereocenters. The molecule has 1 aromatic rings. The average Bonchev–Trinajstić information content (AvgIpc) is 2.31. The number of ether oxygens (including phenoxy) is 1. The van der Waals surface area contributed by atoms with Crippen molar-refractivity contribution >= 4 is 0 Å². The lowest BCUT2D eigenvalue weighted by atomic mass is 10.0. The Morgan fingerprint density at radius 1 is 1.24 bits per heavy atom. The van der Waals surface area contributed by atoms with Crippen LogP contribution in [0.5, 0.6) is 0 Å². The van der Waals surface area contributed by atoms with Crippen LogP contribution in [-0.4, -0.2) is 25.3 Å². The fraction of sp³-hybridized carbons (Fsp3) is 0.571. The molecule has 1 rings (SSSR count). The Kier molecular flexibility index (Phi) is 6.16. The molecule has 0 aliphatic rings. The van der Waals surface area contributed by atoms with Crippen molar-refractivity contribution in [2.75, 3.05) is 13.2 Å². The van der Waals surface area contributed by atoms with Crippen LogP contribution in [0.3, 0.4) is 0 Å². The molecule has 0 radical (unpaired) electrons. The van der Waals surface area contributed by atoms with E-state index in [1.54, 1.807) is 0 Å². The zero-order valence-corrected chi connectivity index (χ0v) is 10.9. The van der Waals surface area contributed by atoms with Crippen LogP contribution in [0, 0.1) is 5.82 Å². The van der Waals surface area contributed by atoms with E-state index >= 15 is 0 Å². The predicted octanol–water partition coefficient (Wildman–Crippen LogP) is 2.77. The first kappa shape index (κ1) is 14.1. The van der Waals surface area contributed by atoms with Crippen molar-refractivity contribution in [1.82, 2.24) is 5.32 Å². The van der Waals surface area contributed by atoms with Crippen molar-refractivity contribution in [3.63, 3.8) is 0 Å². The summed E-state index contributed by atoms with van der Waals surface area (Å²) in [5.41, 5.74) is 1.13. The zero-order chi connectivity index (χ0) is 12.7. The maximum Gasteiger partial charge on any atom is 0.123 e. The van der Waals surface area contributed by atoms with Gasteiger partial charge in [-0.1, -0.05) is 19.1 Å². The van der Waals surface area contributed by atoms with Crippen LogP contribution in [0.25, 0.3) is 0 Å². The highest BCUT2D eigenvalue weighted by Gasteiger charge is 2.16. The summed E-state index contributed by atoms with van der Waals surface area (Å²) in [5, 5.41) is 3.41. The molecular formula is C14H22FNO. The van der Waals surface area contributed by atoms with E-state index in [1.807, 2.05) is 19.1 Å². The number of hydrogen-bond acceptors (Lipinski definition) is 2. The van der Waals surface area contributed by atoms with Gasteiger partial charge in [0.25, 0.3) is 0 Å². The van der Waals surface area contributed by atoms with E-state index in [9.17, 15) is 4.39 Å². The molecular weight excluding hydrogens is 217 g/mol. The maximum absolute atomic E-state index is 12.8. The molecule has 0 bridgehead atoms. The minimum atomic E-state index is -0.188. The lowest BCUT2D eigenvalue weighted by Crippen LogP contribution is -2.41. The van der Waals surface area contributed by atoms with Gasteiger partial charge in [-0.3, -0.25) is 0 Å². The molecule has 1 aromatic carbocycles. The molecule has 0 amide bonds. The Hall–Kier alpha value is -0.930. The van der Waals surface area contributed by atoms with Gasteiger partial charge in [-0.05, 0) is 44.5 Å². The molecule has 0 saturated carbocycles. The predicted molar refractivity (Wildman–Crippen MR) is 68.7 cm³/mol. The van der Waals surface area contributed by atoms with Gasteiger partial charge in [-0.15, -0.1) is 0 Å².